The number of ether oxygens (including phenoxy) is 1. The summed E-state index contributed by atoms with van der Waals surface area (Å²) in [6, 6.07) is 13.8. The first-order valence-electron chi connectivity index (χ1n) is 5.61. The summed E-state index contributed by atoms with van der Waals surface area (Å²) in [6.07, 6.45) is 0.805. The molecule has 0 amide bonds. The normalized spacial score (nSPS) is 10.4. The van der Waals surface area contributed by atoms with Crippen LogP contribution in [0.3, 0.4) is 0 Å². The Morgan fingerprint density at radius 3 is 2.28 bits per heavy atom. The monoisotopic (exact) mass is 369 g/mol. The van der Waals surface area contributed by atoms with E-state index in [1.807, 2.05) is 42.5 Å². The van der Waals surface area contributed by atoms with Gasteiger partial charge in [0.25, 0.3) is 0 Å². The first-order chi connectivity index (χ1) is 8.69. The van der Waals surface area contributed by atoms with Gasteiger partial charge in [0.2, 0.25) is 0 Å². The van der Waals surface area contributed by atoms with Gasteiger partial charge in [0, 0.05) is 8.95 Å². The molecule has 0 unspecified atom stereocenters. The van der Waals surface area contributed by atoms with E-state index in [0.717, 1.165) is 32.4 Å². The summed E-state index contributed by atoms with van der Waals surface area (Å²) in [5.74, 6) is 1.66. The molecule has 2 N–H and O–H groups in total. The number of benzene rings is 2. The van der Waals surface area contributed by atoms with Gasteiger partial charge in [-0.15, -0.1) is 0 Å². The van der Waals surface area contributed by atoms with Crippen molar-refractivity contribution in [1.29, 1.82) is 0 Å². The maximum atomic E-state index is 5.89. The summed E-state index contributed by atoms with van der Waals surface area (Å²) in [4.78, 5) is 0. The van der Waals surface area contributed by atoms with Gasteiger partial charge in [0.05, 0.1) is 0 Å². The van der Waals surface area contributed by atoms with Crippen molar-refractivity contribution in [3.63, 3.8) is 0 Å². The quantitative estimate of drug-likeness (QED) is 0.859. The third-order valence-corrected chi connectivity index (χ3v) is 3.51. The predicted octanol–water partition coefficient (Wildman–Crippen LogP) is 4.51. The zero-order valence-electron chi connectivity index (χ0n) is 9.70. The highest BCUT2D eigenvalue weighted by Gasteiger charge is 2.05. The molecule has 0 aromatic heterocycles. The largest absolute Gasteiger partial charge is 0.457 e. The van der Waals surface area contributed by atoms with Crippen molar-refractivity contribution >= 4 is 31.9 Å². The summed E-state index contributed by atoms with van der Waals surface area (Å²) in [7, 11) is 0. The number of halogens is 2. The van der Waals surface area contributed by atoms with Crippen LogP contribution in [0, 0.1) is 0 Å². The van der Waals surface area contributed by atoms with Crippen LogP contribution in [0.5, 0.6) is 11.5 Å². The van der Waals surface area contributed by atoms with Gasteiger partial charge in [-0.2, -0.15) is 0 Å². The summed E-state index contributed by atoms with van der Waals surface area (Å²) in [6.45, 7) is 0.609. The average Bonchev–Trinajstić information content (AvgIpc) is 2.36. The first-order valence-corrected chi connectivity index (χ1v) is 7.19. The van der Waals surface area contributed by atoms with Crippen molar-refractivity contribution in [3.8, 4) is 11.5 Å². The third-order valence-electron chi connectivity index (χ3n) is 2.48. The molecule has 0 fully saturated rings. The Morgan fingerprint density at radius 2 is 1.61 bits per heavy atom. The SMILES string of the molecule is NCCc1ccc(Br)cc1Oc1ccc(Br)cc1. The molecule has 2 rings (SSSR count). The van der Waals surface area contributed by atoms with Crippen LogP contribution >= 0.6 is 31.9 Å². The molecule has 0 saturated heterocycles. The van der Waals surface area contributed by atoms with Gasteiger partial charge in [0.1, 0.15) is 11.5 Å². The minimum Gasteiger partial charge on any atom is -0.457 e. The Morgan fingerprint density at radius 1 is 0.944 bits per heavy atom. The lowest BCUT2D eigenvalue weighted by Gasteiger charge is -2.11. The van der Waals surface area contributed by atoms with E-state index in [1.54, 1.807) is 0 Å². The molecule has 0 spiro atoms. The van der Waals surface area contributed by atoms with Crippen molar-refractivity contribution < 1.29 is 4.74 Å². The van der Waals surface area contributed by atoms with Crippen LogP contribution in [0.1, 0.15) is 5.56 Å². The molecule has 0 aliphatic carbocycles. The van der Waals surface area contributed by atoms with Crippen molar-refractivity contribution in [3.05, 3.63) is 57.0 Å². The Labute approximate surface area is 123 Å². The standard InChI is InChI=1S/C14H13Br2NO/c15-11-3-5-13(6-4-11)18-14-9-12(16)2-1-10(14)7-8-17/h1-6,9H,7-8,17H2. The summed E-state index contributed by atoms with van der Waals surface area (Å²) < 4.78 is 7.92. The van der Waals surface area contributed by atoms with E-state index in [1.165, 1.54) is 0 Å². The highest BCUT2D eigenvalue weighted by atomic mass is 79.9. The second-order valence-corrected chi connectivity index (χ2v) is 5.68. The fraction of sp³-hybridized carbons (Fsp3) is 0.143. The maximum Gasteiger partial charge on any atom is 0.131 e. The Balaban J connectivity index is 2.26. The van der Waals surface area contributed by atoms with Crippen LogP contribution in [0.25, 0.3) is 0 Å². The minimum atomic E-state index is 0.609. The lowest BCUT2D eigenvalue weighted by molar-refractivity contribution is 0.476. The van der Waals surface area contributed by atoms with E-state index in [4.69, 9.17) is 10.5 Å². The van der Waals surface area contributed by atoms with Crippen molar-refractivity contribution in [2.75, 3.05) is 6.54 Å². The third kappa shape index (κ3) is 3.57. The van der Waals surface area contributed by atoms with Gasteiger partial charge in [-0.1, -0.05) is 37.9 Å². The van der Waals surface area contributed by atoms with E-state index < -0.39 is 0 Å². The minimum absolute atomic E-state index is 0.609. The van der Waals surface area contributed by atoms with Crippen LogP contribution in [0.2, 0.25) is 0 Å². The lowest BCUT2D eigenvalue weighted by atomic mass is 10.1. The molecular weight excluding hydrogens is 358 g/mol. The van der Waals surface area contributed by atoms with Crippen LogP contribution in [-0.2, 0) is 6.42 Å². The molecule has 0 aliphatic heterocycles. The highest BCUT2D eigenvalue weighted by molar-refractivity contribution is 9.10. The molecule has 0 aliphatic rings. The molecule has 0 bridgehead atoms. The molecule has 2 nitrogen and oxygen atoms in total. The molecule has 2 aromatic carbocycles. The second kappa shape index (κ2) is 6.36. The van der Waals surface area contributed by atoms with E-state index in [9.17, 15) is 0 Å². The summed E-state index contributed by atoms with van der Waals surface area (Å²) in [5, 5.41) is 0. The Kier molecular flexibility index (Phi) is 4.80. The maximum absolute atomic E-state index is 5.89. The van der Waals surface area contributed by atoms with Crippen LogP contribution < -0.4 is 10.5 Å². The van der Waals surface area contributed by atoms with Crippen LogP contribution in [-0.4, -0.2) is 6.54 Å². The predicted molar refractivity (Wildman–Crippen MR) is 81.1 cm³/mol. The highest BCUT2D eigenvalue weighted by Crippen LogP contribution is 2.29. The fourth-order valence-electron chi connectivity index (χ4n) is 1.62. The average molecular weight is 371 g/mol. The number of rotatable bonds is 4. The molecule has 18 heavy (non-hydrogen) atoms. The van der Waals surface area contributed by atoms with E-state index in [2.05, 4.69) is 31.9 Å². The topological polar surface area (TPSA) is 35.2 Å². The number of hydrogen-bond donors (Lipinski definition) is 1. The van der Waals surface area contributed by atoms with Gasteiger partial charge >= 0.3 is 0 Å². The number of nitrogens with two attached hydrogens (primary N) is 1. The molecule has 4 heteroatoms. The zero-order valence-corrected chi connectivity index (χ0v) is 12.9. The molecular formula is C14H13Br2NO. The van der Waals surface area contributed by atoms with Crippen molar-refractivity contribution in [1.82, 2.24) is 0 Å². The van der Waals surface area contributed by atoms with E-state index in [0.29, 0.717) is 6.54 Å². The van der Waals surface area contributed by atoms with Gasteiger partial charge in [0.15, 0.2) is 0 Å². The van der Waals surface area contributed by atoms with Crippen LogP contribution in [0.15, 0.2) is 51.4 Å². The molecule has 94 valence electrons. The smallest absolute Gasteiger partial charge is 0.131 e. The van der Waals surface area contributed by atoms with E-state index >= 15 is 0 Å². The molecule has 0 radical (unpaired) electrons. The lowest BCUT2D eigenvalue weighted by Crippen LogP contribution is -2.04. The summed E-state index contributed by atoms with van der Waals surface area (Å²) >= 11 is 6.86. The fourth-order valence-corrected chi connectivity index (χ4v) is 2.22. The first kappa shape index (κ1) is 13.6. The molecule has 0 atom stereocenters. The second-order valence-electron chi connectivity index (χ2n) is 3.85. The van der Waals surface area contributed by atoms with Crippen molar-refractivity contribution in [2.24, 2.45) is 5.73 Å². The van der Waals surface area contributed by atoms with Gasteiger partial charge in [-0.3, -0.25) is 0 Å². The number of hydrogen-bond acceptors (Lipinski definition) is 2. The molecule has 0 heterocycles. The molecule has 0 saturated carbocycles. The van der Waals surface area contributed by atoms with Gasteiger partial charge < -0.3 is 10.5 Å². The Hall–Kier alpha value is -0.840. The summed E-state index contributed by atoms with van der Waals surface area (Å²) in [5.41, 5.74) is 6.72. The van der Waals surface area contributed by atoms with Crippen molar-refractivity contribution in [2.45, 2.75) is 6.42 Å². The zero-order chi connectivity index (χ0) is 13.0. The van der Waals surface area contributed by atoms with Gasteiger partial charge in [-0.25, -0.2) is 0 Å². The van der Waals surface area contributed by atoms with Gasteiger partial charge in [-0.05, 0) is 54.9 Å². The van der Waals surface area contributed by atoms with Crippen LogP contribution in [0.4, 0.5) is 0 Å². The Bertz CT molecular complexity index is 526. The van der Waals surface area contributed by atoms with E-state index in [-0.39, 0.29) is 0 Å². The molecule has 2 aromatic rings.